The second kappa shape index (κ2) is 7.00. The number of ether oxygens (including phenoxy) is 1. The molecule has 2 amide bonds. The number of nitrogens with one attached hydrogen (secondary N) is 1. The van der Waals surface area contributed by atoms with E-state index in [1.807, 2.05) is 0 Å². The van der Waals surface area contributed by atoms with Gasteiger partial charge in [-0.05, 0) is 12.1 Å². The number of para-hydroxylation sites is 1. The second-order valence-electron chi connectivity index (χ2n) is 4.37. The smallest absolute Gasteiger partial charge is 0.321 e. The van der Waals surface area contributed by atoms with Crippen LogP contribution in [-0.2, 0) is 4.79 Å². The summed E-state index contributed by atoms with van der Waals surface area (Å²) in [4.78, 5) is 24.0. The topological polar surface area (TPSA) is 78.9 Å². The number of carbonyl (C=O) groups is 2. The van der Waals surface area contributed by atoms with Crippen molar-refractivity contribution in [2.45, 2.75) is 6.92 Å². The van der Waals surface area contributed by atoms with E-state index >= 15 is 0 Å². The van der Waals surface area contributed by atoms with Gasteiger partial charge in [0.25, 0.3) is 0 Å². The third-order valence-electron chi connectivity index (χ3n) is 2.73. The van der Waals surface area contributed by atoms with Gasteiger partial charge in [-0.2, -0.15) is 0 Å². The Bertz CT molecular complexity index is 507. The lowest BCUT2D eigenvalue weighted by Crippen LogP contribution is -2.36. The molecule has 0 aliphatic rings. The van der Waals surface area contributed by atoms with E-state index in [1.165, 1.54) is 26.0 Å². The minimum absolute atomic E-state index is 0.101. The maximum absolute atomic E-state index is 12.0. The molecule has 0 spiro atoms. The number of urea groups is 1. The van der Waals surface area contributed by atoms with E-state index in [-0.39, 0.29) is 6.54 Å². The lowest BCUT2D eigenvalue weighted by molar-refractivity contribution is -0.141. The van der Waals surface area contributed by atoms with E-state index in [9.17, 15) is 9.59 Å². The average Bonchev–Trinajstić information content (AvgIpc) is 2.38. The van der Waals surface area contributed by atoms with Gasteiger partial charge in [-0.3, -0.25) is 4.79 Å². The lowest BCUT2D eigenvalue weighted by Gasteiger charge is -2.21. The van der Waals surface area contributed by atoms with Crippen LogP contribution in [0.5, 0.6) is 5.75 Å². The van der Waals surface area contributed by atoms with Crippen molar-refractivity contribution in [2.75, 3.05) is 26.0 Å². The highest BCUT2D eigenvalue weighted by Gasteiger charge is 2.18. The third-order valence-corrected chi connectivity index (χ3v) is 3.03. The van der Waals surface area contributed by atoms with Crippen molar-refractivity contribution < 1.29 is 19.4 Å². The van der Waals surface area contributed by atoms with E-state index in [2.05, 4.69) is 5.32 Å². The summed E-state index contributed by atoms with van der Waals surface area (Å²) in [5.74, 6) is -1.24. The van der Waals surface area contributed by atoms with Crippen LogP contribution in [0.15, 0.2) is 18.2 Å². The number of amides is 2. The van der Waals surface area contributed by atoms with Gasteiger partial charge in [0, 0.05) is 13.6 Å². The molecule has 0 heterocycles. The summed E-state index contributed by atoms with van der Waals surface area (Å²) in [6, 6.07) is 4.54. The van der Waals surface area contributed by atoms with Gasteiger partial charge in [-0.1, -0.05) is 24.6 Å². The fraction of sp³-hybridized carbons (Fsp3) is 0.385. The van der Waals surface area contributed by atoms with E-state index < -0.39 is 17.9 Å². The standard InChI is InChI=1S/C13H17ClN2O4/c1-8(12(17)18)7-16(2)13(19)15-10-6-4-5-9(14)11(10)20-3/h4-6,8H,7H2,1-3H3,(H,15,19)(H,17,18). The minimum atomic E-state index is -0.954. The lowest BCUT2D eigenvalue weighted by atomic mass is 10.2. The van der Waals surface area contributed by atoms with Gasteiger partial charge in [0.05, 0.1) is 23.7 Å². The van der Waals surface area contributed by atoms with Crippen LogP contribution in [-0.4, -0.2) is 42.7 Å². The van der Waals surface area contributed by atoms with Crippen LogP contribution in [0, 0.1) is 5.92 Å². The molecule has 110 valence electrons. The number of rotatable bonds is 5. The predicted octanol–water partition coefficient (Wildman–Crippen LogP) is 2.53. The van der Waals surface area contributed by atoms with Crippen molar-refractivity contribution >= 4 is 29.3 Å². The first-order valence-electron chi connectivity index (χ1n) is 5.94. The Balaban J connectivity index is 2.76. The Labute approximate surface area is 122 Å². The zero-order chi connectivity index (χ0) is 15.3. The molecule has 1 unspecified atom stereocenters. The number of nitrogens with zero attached hydrogens (tertiary/aromatic N) is 1. The monoisotopic (exact) mass is 300 g/mol. The fourth-order valence-electron chi connectivity index (χ4n) is 1.60. The molecule has 0 saturated heterocycles. The number of hydrogen-bond acceptors (Lipinski definition) is 3. The van der Waals surface area contributed by atoms with Gasteiger partial charge >= 0.3 is 12.0 Å². The predicted molar refractivity (Wildman–Crippen MR) is 76.5 cm³/mol. The molecule has 7 heteroatoms. The van der Waals surface area contributed by atoms with Crippen molar-refractivity contribution in [3.05, 3.63) is 23.2 Å². The average molecular weight is 301 g/mol. The van der Waals surface area contributed by atoms with Crippen LogP contribution >= 0.6 is 11.6 Å². The molecule has 0 aliphatic carbocycles. The highest BCUT2D eigenvalue weighted by atomic mass is 35.5. The molecule has 0 radical (unpaired) electrons. The molecule has 0 bridgehead atoms. The quantitative estimate of drug-likeness (QED) is 0.876. The molecule has 0 saturated carbocycles. The minimum Gasteiger partial charge on any atom is -0.493 e. The molecule has 6 nitrogen and oxygen atoms in total. The summed E-state index contributed by atoms with van der Waals surface area (Å²) in [7, 11) is 2.97. The van der Waals surface area contributed by atoms with E-state index in [4.69, 9.17) is 21.4 Å². The van der Waals surface area contributed by atoms with Crippen molar-refractivity contribution in [3.63, 3.8) is 0 Å². The molecular weight excluding hydrogens is 284 g/mol. The zero-order valence-electron chi connectivity index (χ0n) is 11.5. The molecule has 0 aromatic heterocycles. The van der Waals surface area contributed by atoms with Crippen LogP contribution < -0.4 is 10.1 Å². The number of carboxylic acid groups (broad SMARTS) is 1. The number of hydrogen-bond donors (Lipinski definition) is 2. The molecule has 0 aliphatic heterocycles. The molecule has 1 atom stereocenters. The summed E-state index contributed by atoms with van der Waals surface area (Å²) in [5.41, 5.74) is 0.430. The highest BCUT2D eigenvalue weighted by molar-refractivity contribution is 6.32. The second-order valence-corrected chi connectivity index (χ2v) is 4.78. The van der Waals surface area contributed by atoms with Crippen molar-refractivity contribution in [1.82, 2.24) is 4.90 Å². The molecule has 0 fully saturated rings. The zero-order valence-corrected chi connectivity index (χ0v) is 12.3. The van der Waals surface area contributed by atoms with Gasteiger partial charge < -0.3 is 20.1 Å². The molecule has 2 N–H and O–H groups in total. The maximum Gasteiger partial charge on any atom is 0.321 e. The maximum atomic E-state index is 12.0. The Kier molecular flexibility index (Phi) is 5.64. The number of anilines is 1. The van der Waals surface area contributed by atoms with E-state index in [0.717, 1.165) is 0 Å². The summed E-state index contributed by atoms with van der Waals surface area (Å²) in [5, 5.41) is 11.8. The SMILES string of the molecule is COc1c(Cl)cccc1NC(=O)N(C)CC(C)C(=O)O. The number of methoxy groups -OCH3 is 1. The van der Waals surface area contributed by atoms with Crippen LogP contribution in [0.4, 0.5) is 10.5 Å². The van der Waals surface area contributed by atoms with Crippen LogP contribution in [0.1, 0.15) is 6.92 Å². The van der Waals surface area contributed by atoms with Crippen LogP contribution in [0.25, 0.3) is 0 Å². The van der Waals surface area contributed by atoms with Gasteiger partial charge in [-0.25, -0.2) is 4.79 Å². The number of aliphatic carboxylic acids is 1. The van der Waals surface area contributed by atoms with Gasteiger partial charge in [0.15, 0.2) is 5.75 Å². The van der Waals surface area contributed by atoms with Crippen molar-refractivity contribution in [2.24, 2.45) is 5.92 Å². The Morgan fingerprint density at radius 3 is 2.70 bits per heavy atom. The summed E-state index contributed by atoms with van der Waals surface area (Å²) >= 11 is 5.95. The first kappa shape index (κ1) is 16.1. The summed E-state index contributed by atoms with van der Waals surface area (Å²) in [6.07, 6.45) is 0. The van der Waals surface area contributed by atoms with Gasteiger partial charge in [0.1, 0.15) is 0 Å². The molecule has 1 aromatic rings. The first-order valence-corrected chi connectivity index (χ1v) is 6.32. The first-order chi connectivity index (χ1) is 9.36. The Hall–Kier alpha value is -1.95. The molecular formula is C13H17ClN2O4. The third kappa shape index (κ3) is 4.03. The number of carboxylic acids is 1. The highest BCUT2D eigenvalue weighted by Crippen LogP contribution is 2.32. The molecule has 1 aromatic carbocycles. The normalized spacial score (nSPS) is 11.6. The van der Waals surface area contributed by atoms with Gasteiger partial charge in [0.2, 0.25) is 0 Å². The van der Waals surface area contributed by atoms with Crippen LogP contribution in [0.2, 0.25) is 5.02 Å². The van der Waals surface area contributed by atoms with Gasteiger partial charge in [-0.15, -0.1) is 0 Å². The van der Waals surface area contributed by atoms with Crippen molar-refractivity contribution in [3.8, 4) is 5.75 Å². The summed E-state index contributed by atoms with van der Waals surface area (Å²) in [6.45, 7) is 1.64. The fourth-order valence-corrected chi connectivity index (χ4v) is 1.85. The molecule has 1 rings (SSSR count). The Morgan fingerprint density at radius 2 is 2.15 bits per heavy atom. The number of carbonyl (C=O) groups excluding carboxylic acids is 1. The number of halogens is 1. The van der Waals surface area contributed by atoms with Crippen LogP contribution in [0.3, 0.4) is 0 Å². The molecule has 20 heavy (non-hydrogen) atoms. The van der Waals surface area contributed by atoms with Crippen molar-refractivity contribution in [1.29, 1.82) is 0 Å². The Morgan fingerprint density at radius 1 is 1.50 bits per heavy atom. The number of benzene rings is 1. The van der Waals surface area contributed by atoms with E-state index in [0.29, 0.717) is 16.5 Å². The summed E-state index contributed by atoms with van der Waals surface area (Å²) < 4.78 is 5.12. The largest absolute Gasteiger partial charge is 0.493 e. The van der Waals surface area contributed by atoms with E-state index in [1.54, 1.807) is 18.2 Å².